The molecule has 0 aromatic heterocycles. The molecule has 0 spiro atoms. The Balaban J connectivity index is 2.04. The first kappa shape index (κ1) is 23.0. The van der Waals surface area contributed by atoms with Crippen molar-refractivity contribution in [2.45, 2.75) is 37.5 Å². The minimum absolute atomic E-state index is 0.256. The molecule has 10 heteroatoms. The van der Waals surface area contributed by atoms with Crippen LogP contribution in [-0.2, 0) is 10.0 Å². The third kappa shape index (κ3) is 6.66. The van der Waals surface area contributed by atoms with E-state index in [0.29, 0.717) is 12.4 Å². The number of ether oxygens (including phenoxy) is 1. The summed E-state index contributed by atoms with van der Waals surface area (Å²) in [5, 5.41) is 14.3. The van der Waals surface area contributed by atoms with Crippen LogP contribution in [0, 0.1) is 10.1 Å². The molecule has 30 heavy (non-hydrogen) atoms. The van der Waals surface area contributed by atoms with E-state index in [4.69, 9.17) is 4.74 Å². The fourth-order valence-electron chi connectivity index (χ4n) is 2.55. The van der Waals surface area contributed by atoms with Crippen molar-refractivity contribution in [3.8, 4) is 5.75 Å². The average molecular weight is 433 g/mol. The van der Waals surface area contributed by atoms with Gasteiger partial charge >= 0.3 is 0 Å². The van der Waals surface area contributed by atoms with E-state index in [0.717, 1.165) is 38.0 Å². The van der Waals surface area contributed by atoms with Crippen molar-refractivity contribution in [3.05, 3.63) is 64.2 Å². The number of hydrazone groups is 1. The molecule has 2 aromatic rings. The van der Waals surface area contributed by atoms with Gasteiger partial charge < -0.3 is 4.74 Å². The molecule has 0 atom stereocenters. The normalized spacial score (nSPS) is 11.4. The average Bonchev–Trinajstić information content (AvgIpc) is 2.73. The lowest BCUT2D eigenvalue weighted by Crippen LogP contribution is -2.19. The molecule has 2 rings (SSSR count). The molecule has 0 saturated carbocycles. The Morgan fingerprint density at radius 2 is 1.93 bits per heavy atom. The van der Waals surface area contributed by atoms with Gasteiger partial charge in [0.1, 0.15) is 5.75 Å². The molecule has 0 unspecified atom stereocenters. The second-order valence-electron chi connectivity index (χ2n) is 6.38. The van der Waals surface area contributed by atoms with E-state index in [1.807, 2.05) is 4.83 Å². The van der Waals surface area contributed by atoms with E-state index in [-0.39, 0.29) is 16.1 Å². The summed E-state index contributed by atoms with van der Waals surface area (Å²) in [6.07, 6.45) is 4.95. The number of nitrogens with zero attached hydrogens (tertiary/aromatic N) is 2. The predicted molar refractivity (Wildman–Crippen MR) is 112 cm³/mol. The van der Waals surface area contributed by atoms with Crippen molar-refractivity contribution in [2.24, 2.45) is 5.10 Å². The Labute approximate surface area is 175 Å². The highest BCUT2D eigenvalue weighted by Crippen LogP contribution is 2.19. The second-order valence-corrected chi connectivity index (χ2v) is 8.04. The highest BCUT2D eigenvalue weighted by molar-refractivity contribution is 7.89. The molecule has 9 nitrogen and oxygen atoms in total. The molecule has 0 heterocycles. The fraction of sp³-hybridized carbons (Fsp3) is 0.300. The van der Waals surface area contributed by atoms with Crippen molar-refractivity contribution < 1.29 is 22.9 Å². The number of sulfonamides is 1. The summed E-state index contributed by atoms with van der Waals surface area (Å²) in [6.45, 7) is 2.59. The van der Waals surface area contributed by atoms with Crippen LogP contribution in [0.3, 0.4) is 0 Å². The van der Waals surface area contributed by atoms with E-state index in [9.17, 15) is 23.3 Å². The summed E-state index contributed by atoms with van der Waals surface area (Å²) in [4.78, 5) is 24.1. The first-order chi connectivity index (χ1) is 14.3. The van der Waals surface area contributed by atoms with Crippen LogP contribution in [-0.4, -0.2) is 31.9 Å². The number of nitrogens with one attached hydrogen (secondary N) is 1. The van der Waals surface area contributed by atoms with Gasteiger partial charge in [0, 0.05) is 12.1 Å². The Hall–Kier alpha value is -3.27. The number of carbonyl (C=O) groups excluding carboxylic acids is 1. The number of hydrogen-bond acceptors (Lipinski definition) is 7. The summed E-state index contributed by atoms with van der Waals surface area (Å²) in [6, 6.07) is 11.1. The van der Waals surface area contributed by atoms with Crippen molar-refractivity contribution in [1.29, 1.82) is 0 Å². The minimum atomic E-state index is -4.16. The lowest BCUT2D eigenvalue weighted by atomic mass is 10.1. The molecule has 0 radical (unpaired) electrons. The zero-order chi connectivity index (χ0) is 22.0. The maximum atomic E-state index is 12.4. The first-order valence-corrected chi connectivity index (χ1v) is 10.9. The molecule has 0 aliphatic heterocycles. The molecule has 0 saturated heterocycles. The quantitative estimate of drug-likeness (QED) is 0.179. The number of unbranched alkanes of at least 4 members (excludes halogenated alkanes) is 3. The van der Waals surface area contributed by atoms with Crippen LogP contribution < -0.4 is 9.57 Å². The number of carbonyl (C=O) groups is 1. The summed E-state index contributed by atoms with van der Waals surface area (Å²) in [5.74, 6) is -0.145. The van der Waals surface area contributed by atoms with Crippen LogP contribution in [0.5, 0.6) is 5.75 Å². The van der Waals surface area contributed by atoms with E-state index in [1.54, 1.807) is 24.3 Å². The van der Waals surface area contributed by atoms with Crippen LogP contribution in [0.25, 0.3) is 0 Å². The van der Waals surface area contributed by atoms with Gasteiger partial charge in [-0.3, -0.25) is 14.9 Å². The summed E-state index contributed by atoms with van der Waals surface area (Å²) in [5.41, 5.74) is -0.116. The third-order valence-corrected chi connectivity index (χ3v) is 5.32. The highest BCUT2D eigenvalue weighted by Gasteiger charge is 2.17. The van der Waals surface area contributed by atoms with Crippen molar-refractivity contribution in [3.63, 3.8) is 0 Å². The lowest BCUT2D eigenvalue weighted by molar-refractivity contribution is -0.385. The lowest BCUT2D eigenvalue weighted by Gasteiger charge is -2.09. The van der Waals surface area contributed by atoms with E-state index < -0.39 is 20.7 Å². The standard InChI is InChI=1S/C20H23N3O6S/c1-2-3-4-7-13-29-20-12-6-5-11-18(20)19(24)15-21-22-30(27,28)17-10-8-9-16(14-17)23(25)26/h5-6,8-12,14-15,22H,2-4,7,13H2,1H3/b21-15+. The number of benzene rings is 2. The van der Waals surface area contributed by atoms with Gasteiger partial charge in [-0.15, -0.1) is 0 Å². The Bertz CT molecular complexity index is 1020. The van der Waals surface area contributed by atoms with E-state index in [2.05, 4.69) is 12.0 Å². The van der Waals surface area contributed by atoms with E-state index >= 15 is 0 Å². The third-order valence-electron chi connectivity index (χ3n) is 4.10. The molecule has 0 aliphatic rings. The van der Waals surface area contributed by atoms with Gasteiger partial charge in [-0.2, -0.15) is 18.4 Å². The zero-order valence-corrected chi connectivity index (χ0v) is 17.3. The molecule has 2 aromatic carbocycles. The predicted octanol–water partition coefficient (Wildman–Crippen LogP) is 3.70. The number of rotatable bonds is 12. The number of Topliss-reactive ketones (excluding diaryl/α,β-unsaturated/α-hetero) is 1. The fourth-order valence-corrected chi connectivity index (χ4v) is 3.38. The Morgan fingerprint density at radius 1 is 1.17 bits per heavy atom. The Morgan fingerprint density at radius 3 is 2.67 bits per heavy atom. The summed E-state index contributed by atoms with van der Waals surface area (Å²) < 4.78 is 30.1. The first-order valence-electron chi connectivity index (χ1n) is 9.40. The van der Waals surface area contributed by atoms with Crippen molar-refractivity contribution in [2.75, 3.05) is 6.61 Å². The van der Waals surface area contributed by atoms with Crippen molar-refractivity contribution in [1.82, 2.24) is 4.83 Å². The van der Waals surface area contributed by atoms with Gasteiger partial charge in [0.2, 0.25) is 5.78 Å². The van der Waals surface area contributed by atoms with Crippen LogP contribution in [0.15, 0.2) is 58.5 Å². The van der Waals surface area contributed by atoms with Gasteiger partial charge in [-0.05, 0) is 24.6 Å². The summed E-state index contributed by atoms with van der Waals surface area (Å²) in [7, 11) is -4.16. The summed E-state index contributed by atoms with van der Waals surface area (Å²) >= 11 is 0. The van der Waals surface area contributed by atoms with E-state index in [1.165, 1.54) is 18.2 Å². The SMILES string of the molecule is CCCCCCOc1ccccc1C(=O)/C=N/NS(=O)(=O)c1cccc([N+](=O)[O-])c1. The number of non-ortho nitro benzene ring substituents is 1. The molecule has 0 fully saturated rings. The second kappa shape index (κ2) is 11.1. The largest absolute Gasteiger partial charge is 0.493 e. The van der Waals surface area contributed by atoms with Gasteiger partial charge in [0.05, 0.1) is 28.2 Å². The van der Waals surface area contributed by atoms with Crippen LogP contribution >= 0.6 is 0 Å². The minimum Gasteiger partial charge on any atom is -0.493 e. The number of para-hydroxylation sites is 1. The zero-order valence-electron chi connectivity index (χ0n) is 16.5. The monoisotopic (exact) mass is 433 g/mol. The van der Waals surface area contributed by atoms with Crippen molar-refractivity contribution >= 4 is 27.7 Å². The smallest absolute Gasteiger partial charge is 0.276 e. The number of nitro groups is 1. The number of hydrogen-bond donors (Lipinski definition) is 1. The van der Waals surface area contributed by atoms with Crippen LogP contribution in [0.1, 0.15) is 43.0 Å². The molecule has 0 bridgehead atoms. The molecule has 160 valence electrons. The number of nitro benzene ring substituents is 1. The van der Waals surface area contributed by atoms with Gasteiger partial charge in [0.15, 0.2) is 0 Å². The molecule has 0 aliphatic carbocycles. The van der Waals surface area contributed by atoms with Crippen LogP contribution in [0.4, 0.5) is 5.69 Å². The van der Waals surface area contributed by atoms with Gasteiger partial charge in [-0.1, -0.05) is 44.4 Å². The van der Waals surface area contributed by atoms with Gasteiger partial charge in [0.25, 0.3) is 15.7 Å². The van der Waals surface area contributed by atoms with Gasteiger partial charge in [-0.25, -0.2) is 0 Å². The maximum Gasteiger partial charge on any atom is 0.276 e. The number of ketones is 1. The Kier molecular flexibility index (Phi) is 8.48. The maximum absolute atomic E-state index is 12.4. The molecule has 0 amide bonds. The topological polar surface area (TPSA) is 128 Å². The molecular formula is C20H23N3O6S. The van der Waals surface area contributed by atoms with Crippen LogP contribution in [0.2, 0.25) is 0 Å². The molecular weight excluding hydrogens is 410 g/mol. The molecule has 1 N–H and O–H groups in total. The highest BCUT2D eigenvalue weighted by atomic mass is 32.2.